The Bertz CT molecular complexity index is 3810. The van der Waals surface area contributed by atoms with Crippen molar-refractivity contribution < 1.29 is 76.2 Å². The number of aryl methyl sites for hydroxylation is 7. The number of halogens is 1. The Morgan fingerprint density at radius 3 is 1.03 bits per heavy atom. The smallest absolute Gasteiger partial charge is 0.421 e. The van der Waals surface area contributed by atoms with Crippen LogP contribution in [0.5, 0.6) is 11.5 Å². The maximum atomic E-state index is 9.47. The normalized spacial score (nSPS) is 13.3. The number of nitrogens with zero attached hydrogens (tertiary/aromatic N) is 18. The summed E-state index contributed by atoms with van der Waals surface area (Å²) in [6.45, 7) is 8.08. The van der Waals surface area contributed by atoms with Gasteiger partial charge in [-0.2, -0.15) is 0 Å². The summed E-state index contributed by atoms with van der Waals surface area (Å²) < 4.78 is 68.1. The quantitative estimate of drug-likeness (QED) is 0.0183. The highest BCUT2D eigenvalue weighted by Gasteiger charge is 2.19. The molecule has 2 fully saturated rings. The number of hydrogen-bond donors (Lipinski definition) is 0. The fourth-order valence-electron chi connectivity index (χ4n) is 9.64. The lowest BCUT2D eigenvalue weighted by atomic mass is 10.2. The Labute approximate surface area is 548 Å². The van der Waals surface area contributed by atoms with E-state index in [4.69, 9.17) is 20.0 Å². The number of unbranched alkanes of at least 4 members (excludes halogenated alkanes) is 4. The summed E-state index contributed by atoms with van der Waals surface area (Å²) in [5.41, 5.74) is 5.83. The SMILES string of the molecule is COc1ccc(N=Nc2n(CCCCCn3cc[n+](C)c3N=Nc3ccc(N4CCCC4)cc3)cc[n+]2C)cc1.COc1ccc(N=Nc2nccn2CCCCCn2cc[n+](C)c2N=Nc2ccc(N3CCCC3)cc2)cc1.CS(=O)(=O)O[O-].CS(=O)(=O)O[O-].[Br-]. The summed E-state index contributed by atoms with van der Waals surface area (Å²) in [7, 11) is 1.86. The van der Waals surface area contributed by atoms with Gasteiger partial charge in [-0.3, -0.25) is 0 Å². The van der Waals surface area contributed by atoms with Crippen LogP contribution < -0.4 is 60.5 Å². The molecule has 4 aromatic carbocycles. The van der Waals surface area contributed by atoms with E-state index >= 15 is 0 Å². The van der Waals surface area contributed by atoms with Crippen molar-refractivity contribution in [2.24, 2.45) is 62.1 Å². The minimum atomic E-state index is -3.72. The summed E-state index contributed by atoms with van der Waals surface area (Å²) in [5.74, 6) is 4.72. The van der Waals surface area contributed by atoms with Gasteiger partial charge in [0.05, 0.1) is 110 Å². The van der Waals surface area contributed by atoms with E-state index in [1.807, 2.05) is 125 Å². The van der Waals surface area contributed by atoms with Crippen LogP contribution in [0.25, 0.3) is 0 Å². The lowest BCUT2D eigenvalue weighted by Crippen LogP contribution is -3.00. The third kappa shape index (κ3) is 24.0. The first-order valence-corrected chi connectivity index (χ1v) is 33.4. The van der Waals surface area contributed by atoms with Gasteiger partial charge in [0.2, 0.25) is 5.95 Å². The third-order valence-electron chi connectivity index (χ3n) is 14.5. The Hall–Kier alpha value is -8.46. The number of rotatable bonds is 26. The maximum Gasteiger partial charge on any atom is 0.421 e. The molecule has 8 aromatic rings. The van der Waals surface area contributed by atoms with E-state index in [1.165, 1.54) is 37.1 Å². The topological polar surface area (TPSA) is 301 Å². The van der Waals surface area contributed by atoms with Crippen LogP contribution in [0.4, 0.5) is 57.9 Å². The number of azo groups is 4. The van der Waals surface area contributed by atoms with Gasteiger partial charge >= 0.3 is 17.8 Å². The summed E-state index contributed by atoms with van der Waals surface area (Å²) in [4.78, 5) is 9.19. The molecule has 0 amide bonds. The van der Waals surface area contributed by atoms with Gasteiger partial charge in [-0.25, -0.2) is 49.2 Å². The average Bonchev–Trinajstić information content (AvgIpc) is 2.30. The van der Waals surface area contributed by atoms with E-state index in [9.17, 15) is 16.8 Å². The highest BCUT2D eigenvalue weighted by atomic mass is 79.9. The van der Waals surface area contributed by atoms with Gasteiger partial charge in [0, 0.05) is 71.8 Å². The molecule has 0 aliphatic carbocycles. The molecule has 0 atom stereocenters. The Morgan fingerprint density at radius 2 is 0.728 bits per heavy atom. The summed E-state index contributed by atoms with van der Waals surface area (Å²) in [5, 5.41) is 53.4. The molecule has 0 N–H and O–H groups in total. The molecule has 494 valence electrons. The molecule has 28 nitrogen and oxygen atoms in total. The second kappa shape index (κ2) is 37.2. The molecule has 6 heterocycles. The molecule has 2 aliphatic rings. The lowest BCUT2D eigenvalue weighted by molar-refractivity contribution is -0.657. The molecule has 0 spiro atoms. The third-order valence-corrected chi connectivity index (χ3v) is 15.0. The van der Waals surface area contributed by atoms with Crippen molar-refractivity contribution >= 4 is 78.2 Å². The van der Waals surface area contributed by atoms with Gasteiger partial charge in [-0.05, 0) is 161 Å². The number of methoxy groups -OCH3 is 2. The van der Waals surface area contributed by atoms with Crippen molar-refractivity contribution in [2.75, 3.05) is 62.7 Å². The molecule has 0 radical (unpaired) electrons. The first-order chi connectivity index (χ1) is 43.9. The highest BCUT2D eigenvalue weighted by molar-refractivity contribution is 7.86. The molecule has 2 aliphatic heterocycles. The standard InChI is InChI=1S/C30H39N9O.C29H36N9O.2CH4O4S.BrH/c1-35-21-23-38(29(35)33-31-25-9-13-27(14-10-25)37-17-7-8-18-37)19-5-4-6-20-39-24-22-36(2)30(39)34-32-26-11-15-28(40-3)16-12-26;1-35-22-23-38(29(35)34-32-24-8-12-26(13-9-24)36-17-6-7-18-36)20-5-3-4-19-37-21-16-30-28(37)33-31-25-10-14-27(39-2)15-11-25;2*1-6(3,4)5-2;/h9-16,21-24H,4-8,17-20H2,1-3H3;8-16,21-23H,3-7,17-20H2,1-2H3;2*2H,1H3;1H/q+2;+1;;;/p-3. The van der Waals surface area contributed by atoms with Crippen LogP contribution in [-0.2, 0) is 76.2 Å². The number of imidazole rings is 4. The van der Waals surface area contributed by atoms with Gasteiger partial charge in [0.15, 0.2) is 0 Å². The van der Waals surface area contributed by atoms with Crippen LogP contribution in [0.1, 0.15) is 64.2 Å². The first-order valence-electron chi connectivity index (χ1n) is 29.8. The molecule has 31 heteroatoms. The van der Waals surface area contributed by atoms with Crippen LogP contribution in [-0.4, -0.2) is 93.0 Å². The Balaban J connectivity index is 0.000000246. The fourth-order valence-corrected chi connectivity index (χ4v) is 9.64. The Morgan fingerprint density at radius 1 is 0.435 bits per heavy atom. The zero-order chi connectivity index (χ0) is 65.0. The highest BCUT2D eigenvalue weighted by Crippen LogP contribution is 2.28. The molecule has 0 bridgehead atoms. The van der Waals surface area contributed by atoms with Gasteiger partial charge in [0.25, 0.3) is 20.2 Å². The number of aromatic nitrogens is 8. The van der Waals surface area contributed by atoms with E-state index in [2.05, 4.69) is 133 Å². The van der Waals surface area contributed by atoms with E-state index < -0.39 is 20.2 Å². The summed E-state index contributed by atoms with van der Waals surface area (Å²) in [6, 6.07) is 31.8. The molecule has 10 rings (SSSR count). The van der Waals surface area contributed by atoms with Gasteiger partial charge in [0.1, 0.15) is 28.6 Å². The zero-order valence-electron chi connectivity index (χ0n) is 52.9. The molecular formula is C61H81BrN18O10S2. The van der Waals surface area contributed by atoms with E-state index in [0.29, 0.717) is 18.5 Å². The van der Waals surface area contributed by atoms with Crippen molar-refractivity contribution in [3.8, 4) is 11.5 Å². The van der Waals surface area contributed by atoms with Crippen LogP contribution in [0, 0.1) is 0 Å². The van der Waals surface area contributed by atoms with E-state index in [0.717, 1.165) is 143 Å². The maximum absolute atomic E-state index is 9.47. The van der Waals surface area contributed by atoms with Crippen LogP contribution in [0.15, 0.2) is 188 Å². The predicted octanol–water partition coefficient (Wildman–Crippen LogP) is 6.55. The largest absolute Gasteiger partial charge is 1.00 e. The minimum absolute atomic E-state index is 0. The molecule has 4 aromatic heterocycles. The van der Waals surface area contributed by atoms with Crippen molar-refractivity contribution in [1.82, 2.24) is 23.3 Å². The van der Waals surface area contributed by atoms with Crippen molar-refractivity contribution in [1.29, 1.82) is 0 Å². The summed E-state index contributed by atoms with van der Waals surface area (Å²) in [6.07, 6.45) is 28.8. The average molecular weight is 1370 g/mol. The second-order valence-corrected chi connectivity index (χ2v) is 24.5. The molecule has 0 saturated carbocycles. The van der Waals surface area contributed by atoms with Crippen molar-refractivity contribution in [3.63, 3.8) is 0 Å². The van der Waals surface area contributed by atoms with Crippen molar-refractivity contribution in [2.45, 2.75) is 90.4 Å². The predicted molar refractivity (Wildman–Crippen MR) is 337 cm³/mol. The molecule has 2 saturated heterocycles. The fraction of sp³-hybridized carbons (Fsp3) is 0.410. The van der Waals surface area contributed by atoms with Crippen LogP contribution in [0.2, 0.25) is 0 Å². The minimum Gasteiger partial charge on any atom is -1.00 e. The lowest BCUT2D eigenvalue weighted by Gasteiger charge is -2.16. The summed E-state index contributed by atoms with van der Waals surface area (Å²) >= 11 is 0. The van der Waals surface area contributed by atoms with E-state index in [1.54, 1.807) is 20.4 Å². The van der Waals surface area contributed by atoms with Crippen LogP contribution >= 0.6 is 0 Å². The first kappa shape index (κ1) is 72.6. The second-order valence-electron chi connectivity index (χ2n) is 21.4. The van der Waals surface area contributed by atoms with E-state index in [-0.39, 0.29) is 17.0 Å². The van der Waals surface area contributed by atoms with Gasteiger partial charge < -0.3 is 60.0 Å². The van der Waals surface area contributed by atoms with Crippen molar-refractivity contribution in [3.05, 3.63) is 147 Å². The van der Waals surface area contributed by atoms with Gasteiger partial charge in [-0.1, -0.05) is 15.3 Å². The molecule has 92 heavy (non-hydrogen) atoms. The molecule has 0 unspecified atom stereocenters. The van der Waals surface area contributed by atoms with Crippen LogP contribution in [0.3, 0.4) is 0 Å². The number of ether oxygens (including phenoxy) is 2. The number of benzene rings is 4. The van der Waals surface area contributed by atoms with Gasteiger partial charge in [-0.15, -0.1) is 10.2 Å². The Kier molecular flexibility index (Phi) is 29.3. The number of anilines is 2. The molecular weight excluding hydrogens is 1290 g/mol. The zero-order valence-corrected chi connectivity index (χ0v) is 56.1. The monoisotopic (exact) mass is 1370 g/mol. The number of hydrogen-bond acceptors (Lipinski definition) is 21.